The molecule has 0 radical (unpaired) electrons. The average Bonchev–Trinajstić information content (AvgIpc) is 2.90. The van der Waals surface area contributed by atoms with E-state index in [1.54, 1.807) is 18.2 Å². The monoisotopic (exact) mass is 522 g/mol. The first-order chi connectivity index (χ1) is 17.7. The third-order valence-corrected chi connectivity index (χ3v) is 7.24. The number of nitrogens with zero attached hydrogens (tertiary/aromatic N) is 2. The third kappa shape index (κ3) is 6.14. The summed E-state index contributed by atoms with van der Waals surface area (Å²) in [4.78, 5) is 6.19. The Morgan fingerprint density at radius 2 is 1.73 bits per heavy atom. The first kappa shape index (κ1) is 27.1. The van der Waals surface area contributed by atoms with Crippen LogP contribution in [0.2, 0.25) is 0 Å². The van der Waals surface area contributed by atoms with Crippen molar-refractivity contribution in [2.45, 2.75) is 31.8 Å². The number of hydrogen-bond acceptors (Lipinski definition) is 6. The predicted octanol–water partition coefficient (Wildman–Crippen LogP) is 4.77. The fraction of sp³-hybridized carbons (Fsp3) is 0.444. The van der Waals surface area contributed by atoms with Crippen molar-refractivity contribution in [3.63, 3.8) is 0 Å². The number of benzene rings is 2. The van der Waals surface area contributed by atoms with E-state index in [9.17, 15) is 27.8 Å². The first-order valence-corrected chi connectivity index (χ1v) is 12.2. The predicted molar refractivity (Wildman–Crippen MR) is 129 cm³/mol. The van der Waals surface area contributed by atoms with Crippen LogP contribution in [-0.2, 0) is 0 Å². The molecule has 4 rings (SSSR count). The Kier molecular flexibility index (Phi) is 8.51. The van der Waals surface area contributed by atoms with Gasteiger partial charge in [0.2, 0.25) is 0 Å². The van der Waals surface area contributed by atoms with Gasteiger partial charge in [-0.25, -0.2) is 17.6 Å². The van der Waals surface area contributed by atoms with Crippen LogP contribution in [0.3, 0.4) is 0 Å². The van der Waals surface area contributed by atoms with Crippen LogP contribution < -0.4 is 9.47 Å². The third-order valence-electron chi connectivity index (χ3n) is 7.24. The first-order valence-electron chi connectivity index (χ1n) is 12.2. The lowest BCUT2D eigenvalue weighted by Gasteiger charge is -2.41. The van der Waals surface area contributed by atoms with E-state index in [1.807, 2.05) is 0 Å². The Hall–Kier alpha value is -2.95. The number of pyridine rings is 1. The molecular formula is C27H30F4N2O4. The van der Waals surface area contributed by atoms with E-state index in [-0.39, 0.29) is 30.9 Å². The number of rotatable bonds is 10. The number of aromatic nitrogens is 1. The second kappa shape index (κ2) is 11.6. The van der Waals surface area contributed by atoms with Crippen LogP contribution in [0.25, 0.3) is 10.9 Å². The molecule has 0 aliphatic carbocycles. The molecule has 1 aliphatic rings. The number of hydrogen-bond donors (Lipinski definition) is 2. The van der Waals surface area contributed by atoms with Crippen molar-refractivity contribution >= 4 is 10.9 Å². The maximum Gasteiger partial charge on any atom is 0.194 e. The Morgan fingerprint density at radius 1 is 1.03 bits per heavy atom. The summed E-state index contributed by atoms with van der Waals surface area (Å²) in [5.41, 5.74) is 0.299. The van der Waals surface area contributed by atoms with Crippen molar-refractivity contribution in [1.82, 2.24) is 9.88 Å². The number of likely N-dealkylation sites (tertiary alicyclic amines) is 1. The highest BCUT2D eigenvalue weighted by molar-refractivity contribution is 5.84. The molecule has 2 heterocycles. The summed E-state index contributed by atoms with van der Waals surface area (Å²) in [7, 11) is 1.51. The summed E-state index contributed by atoms with van der Waals surface area (Å²) in [6, 6.07) is 6.70. The summed E-state index contributed by atoms with van der Waals surface area (Å²) in [5, 5.41) is 21.6. The molecule has 1 aromatic heterocycles. The summed E-state index contributed by atoms with van der Waals surface area (Å²) in [5.74, 6) is -4.29. The van der Waals surface area contributed by atoms with E-state index in [4.69, 9.17) is 9.47 Å². The van der Waals surface area contributed by atoms with Gasteiger partial charge in [0, 0.05) is 36.2 Å². The molecule has 1 fully saturated rings. The number of ether oxygens (including phenoxy) is 2. The fourth-order valence-corrected chi connectivity index (χ4v) is 4.87. The van der Waals surface area contributed by atoms with Gasteiger partial charge >= 0.3 is 0 Å². The molecule has 1 aliphatic heterocycles. The molecule has 0 unspecified atom stereocenters. The molecule has 0 spiro atoms. The Labute approximate surface area is 212 Å². The summed E-state index contributed by atoms with van der Waals surface area (Å²) in [6.07, 6.45) is 2.09. The minimum atomic E-state index is -1.53. The van der Waals surface area contributed by atoms with Crippen LogP contribution in [-0.4, -0.2) is 60.1 Å². The van der Waals surface area contributed by atoms with Gasteiger partial charge in [-0.1, -0.05) is 0 Å². The Morgan fingerprint density at radius 3 is 2.38 bits per heavy atom. The molecule has 1 saturated heterocycles. The maximum absolute atomic E-state index is 14.7. The lowest BCUT2D eigenvalue weighted by Crippen LogP contribution is -2.43. The highest BCUT2D eigenvalue weighted by Crippen LogP contribution is 2.39. The second-order valence-electron chi connectivity index (χ2n) is 9.51. The maximum atomic E-state index is 14.7. The van der Waals surface area contributed by atoms with E-state index >= 15 is 0 Å². The number of fused-ring (bicyclic) bond motifs is 1. The highest BCUT2D eigenvalue weighted by Gasteiger charge is 2.35. The zero-order chi connectivity index (χ0) is 26.6. The smallest absolute Gasteiger partial charge is 0.194 e. The molecule has 10 heteroatoms. The fourth-order valence-electron chi connectivity index (χ4n) is 4.87. The number of methoxy groups -OCH3 is 1. The number of aliphatic hydroxyl groups is 2. The normalized spacial score (nSPS) is 16.6. The van der Waals surface area contributed by atoms with Gasteiger partial charge in [-0.2, -0.15) is 0 Å². The molecule has 0 saturated carbocycles. The summed E-state index contributed by atoms with van der Waals surface area (Å²) < 4.78 is 65.1. The van der Waals surface area contributed by atoms with Crippen LogP contribution in [0.15, 0.2) is 36.5 Å². The minimum absolute atomic E-state index is 0.0639. The van der Waals surface area contributed by atoms with Crippen LogP contribution >= 0.6 is 0 Å². The van der Waals surface area contributed by atoms with E-state index in [0.29, 0.717) is 55.5 Å². The van der Waals surface area contributed by atoms with Gasteiger partial charge in [-0.3, -0.25) is 9.88 Å². The zero-order valence-electron chi connectivity index (χ0n) is 20.5. The van der Waals surface area contributed by atoms with Gasteiger partial charge in [0.25, 0.3) is 0 Å². The van der Waals surface area contributed by atoms with Gasteiger partial charge in [-0.05, 0) is 62.4 Å². The van der Waals surface area contributed by atoms with Gasteiger partial charge in [0.15, 0.2) is 17.5 Å². The largest absolute Gasteiger partial charge is 0.497 e. The van der Waals surface area contributed by atoms with Crippen LogP contribution in [0.4, 0.5) is 17.6 Å². The molecule has 0 bridgehead atoms. The number of piperidine rings is 1. The molecule has 2 N–H and O–H groups in total. The van der Waals surface area contributed by atoms with Gasteiger partial charge in [-0.15, -0.1) is 0 Å². The van der Waals surface area contributed by atoms with Crippen molar-refractivity contribution < 1.29 is 37.2 Å². The SMILES string of the molecule is COc1ccc2ncc(F)c([C@H](O)CCC3(CO)CCN(CCOc4cc(F)c(F)c(F)c4)CC3)c2c1. The molecule has 6 nitrogen and oxygen atoms in total. The van der Waals surface area contributed by atoms with Crippen molar-refractivity contribution in [2.75, 3.05) is 40.0 Å². The zero-order valence-corrected chi connectivity index (χ0v) is 20.5. The van der Waals surface area contributed by atoms with Crippen molar-refractivity contribution in [2.24, 2.45) is 5.41 Å². The Balaban J connectivity index is 1.32. The molecule has 2 aromatic carbocycles. The molecule has 37 heavy (non-hydrogen) atoms. The number of aliphatic hydroxyl groups excluding tert-OH is 2. The summed E-state index contributed by atoms with van der Waals surface area (Å²) >= 11 is 0. The van der Waals surface area contributed by atoms with Crippen molar-refractivity contribution in [3.8, 4) is 11.5 Å². The van der Waals surface area contributed by atoms with Crippen LogP contribution in [0.5, 0.6) is 11.5 Å². The number of halogens is 4. The van der Waals surface area contributed by atoms with Crippen LogP contribution in [0.1, 0.15) is 37.4 Å². The second-order valence-corrected chi connectivity index (χ2v) is 9.51. The topological polar surface area (TPSA) is 75.0 Å². The van der Waals surface area contributed by atoms with Crippen LogP contribution in [0, 0.1) is 28.7 Å². The highest BCUT2D eigenvalue weighted by atomic mass is 19.2. The molecule has 3 aromatic rings. The quantitative estimate of drug-likeness (QED) is 0.295. The van der Waals surface area contributed by atoms with E-state index in [2.05, 4.69) is 9.88 Å². The van der Waals surface area contributed by atoms with Gasteiger partial charge in [0.1, 0.15) is 23.9 Å². The van der Waals surface area contributed by atoms with E-state index in [0.717, 1.165) is 18.3 Å². The standard InChI is InChI=1S/C27H30F4N2O4/c1-36-17-2-3-23-19(12-17)25(22(30)15-32-23)24(35)4-5-27(16-34)6-8-33(9-7-27)10-11-37-18-13-20(28)26(31)21(29)14-18/h2-3,12-15,24,34-35H,4-11,16H2,1H3/t24-/m1/s1. The molecular weight excluding hydrogens is 492 g/mol. The van der Waals surface area contributed by atoms with Gasteiger partial charge in [0.05, 0.1) is 24.9 Å². The lowest BCUT2D eigenvalue weighted by atomic mass is 9.74. The molecule has 0 amide bonds. The Bertz CT molecular complexity index is 1210. The minimum Gasteiger partial charge on any atom is -0.497 e. The average molecular weight is 523 g/mol. The van der Waals surface area contributed by atoms with E-state index in [1.165, 1.54) is 7.11 Å². The van der Waals surface area contributed by atoms with E-state index < -0.39 is 34.8 Å². The van der Waals surface area contributed by atoms with Crippen molar-refractivity contribution in [3.05, 3.63) is 65.4 Å². The summed E-state index contributed by atoms with van der Waals surface area (Å²) in [6.45, 7) is 1.88. The van der Waals surface area contributed by atoms with Gasteiger partial charge < -0.3 is 19.7 Å². The lowest BCUT2D eigenvalue weighted by molar-refractivity contribution is 0.0202. The van der Waals surface area contributed by atoms with Crippen molar-refractivity contribution in [1.29, 1.82) is 0 Å². The molecule has 200 valence electrons. The molecule has 1 atom stereocenters.